The van der Waals surface area contributed by atoms with E-state index in [-0.39, 0.29) is 11.4 Å². The number of benzene rings is 2. The Balaban J connectivity index is 2.06. The highest BCUT2D eigenvalue weighted by atomic mass is 32.2. The molecule has 7 heteroatoms. The molecule has 0 unspecified atom stereocenters. The van der Waals surface area contributed by atoms with Crippen molar-refractivity contribution in [2.45, 2.75) is 11.4 Å². The molecule has 0 saturated heterocycles. The highest BCUT2D eigenvalue weighted by Gasteiger charge is 2.27. The van der Waals surface area contributed by atoms with Crippen LogP contribution in [0.1, 0.15) is 5.56 Å². The molecule has 4 nitrogen and oxygen atoms in total. The van der Waals surface area contributed by atoms with E-state index in [9.17, 15) is 12.8 Å². The Labute approximate surface area is 137 Å². The van der Waals surface area contributed by atoms with Crippen LogP contribution >= 0.6 is 11.3 Å². The summed E-state index contributed by atoms with van der Waals surface area (Å²) < 4.78 is 40.9. The number of anilines is 1. The maximum atomic E-state index is 13.9. The molecule has 1 heterocycles. The summed E-state index contributed by atoms with van der Waals surface area (Å²) in [5.41, 5.74) is 0.294. The average molecular weight is 348 g/mol. The van der Waals surface area contributed by atoms with Gasteiger partial charge in [-0.15, -0.1) is 11.3 Å². The minimum atomic E-state index is -3.82. The number of nitrogens with zero attached hydrogens (tertiary/aromatic N) is 2. The van der Waals surface area contributed by atoms with Gasteiger partial charge in [0.05, 0.1) is 11.4 Å². The monoisotopic (exact) mass is 348 g/mol. The van der Waals surface area contributed by atoms with Gasteiger partial charge < -0.3 is 0 Å². The second-order valence-electron chi connectivity index (χ2n) is 4.73. The topological polar surface area (TPSA) is 50.3 Å². The maximum Gasteiger partial charge on any atom is 0.266 e. The fourth-order valence-corrected chi connectivity index (χ4v) is 4.38. The summed E-state index contributed by atoms with van der Waals surface area (Å²) in [4.78, 5) is 4.22. The Hall–Kier alpha value is -2.25. The van der Waals surface area contributed by atoms with Crippen molar-refractivity contribution in [3.63, 3.8) is 0 Å². The van der Waals surface area contributed by atoms with Crippen molar-refractivity contribution in [2.24, 2.45) is 0 Å². The molecule has 2 aromatic carbocycles. The third-order valence-corrected chi connectivity index (χ3v) is 5.90. The molecule has 1 aromatic heterocycles. The molecule has 23 heavy (non-hydrogen) atoms. The SMILES string of the molecule is O=S(=O)(c1ccccc1)N(Cc1ccccc1F)c1nccs1. The second kappa shape index (κ2) is 6.47. The first-order valence-corrected chi connectivity index (χ1v) is 9.12. The molecular formula is C16H13FN2O2S2. The molecule has 118 valence electrons. The van der Waals surface area contributed by atoms with Crippen LogP contribution in [0.5, 0.6) is 0 Å². The van der Waals surface area contributed by atoms with Crippen LogP contribution in [0.4, 0.5) is 9.52 Å². The Bertz CT molecular complexity index is 881. The van der Waals surface area contributed by atoms with Crippen molar-refractivity contribution in [2.75, 3.05) is 4.31 Å². The van der Waals surface area contributed by atoms with Gasteiger partial charge in [-0.25, -0.2) is 22.1 Å². The third kappa shape index (κ3) is 3.25. The lowest BCUT2D eigenvalue weighted by Crippen LogP contribution is -2.30. The van der Waals surface area contributed by atoms with E-state index in [4.69, 9.17) is 0 Å². The lowest BCUT2D eigenvalue weighted by Gasteiger charge is -2.22. The van der Waals surface area contributed by atoms with Gasteiger partial charge in [0, 0.05) is 17.1 Å². The van der Waals surface area contributed by atoms with Crippen LogP contribution in [0, 0.1) is 5.82 Å². The van der Waals surface area contributed by atoms with Crippen LogP contribution < -0.4 is 4.31 Å². The minimum absolute atomic E-state index is 0.114. The van der Waals surface area contributed by atoms with E-state index in [0.717, 1.165) is 4.31 Å². The Kier molecular flexibility index (Phi) is 4.40. The van der Waals surface area contributed by atoms with E-state index in [0.29, 0.717) is 10.7 Å². The van der Waals surface area contributed by atoms with Gasteiger partial charge in [-0.2, -0.15) is 0 Å². The quantitative estimate of drug-likeness (QED) is 0.707. The van der Waals surface area contributed by atoms with Crippen molar-refractivity contribution < 1.29 is 12.8 Å². The largest absolute Gasteiger partial charge is 0.266 e. The molecule has 0 aliphatic carbocycles. The Morgan fingerprint density at radius 2 is 1.74 bits per heavy atom. The number of sulfonamides is 1. The fourth-order valence-electron chi connectivity index (χ4n) is 2.10. The molecular weight excluding hydrogens is 335 g/mol. The van der Waals surface area contributed by atoms with E-state index in [1.54, 1.807) is 41.8 Å². The number of rotatable bonds is 5. The molecule has 0 radical (unpaired) electrons. The summed E-state index contributed by atoms with van der Waals surface area (Å²) in [6, 6.07) is 14.2. The molecule has 0 spiro atoms. The lowest BCUT2D eigenvalue weighted by atomic mass is 10.2. The molecule has 0 amide bonds. The number of hydrogen-bond donors (Lipinski definition) is 0. The van der Waals surface area contributed by atoms with Crippen molar-refractivity contribution in [1.82, 2.24) is 4.98 Å². The zero-order valence-electron chi connectivity index (χ0n) is 12.0. The van der Waals surface area contributed by atoms with Crippen LogP contribution in [-0.4, -0.2) is 13.4 Å². The molecule has 0 aliphatic rings. The molecule has 0 fully saturated rings. The second-order valence-corrected chi connectivity index (χ2v) is 7.47. The van der Waals surface area contributed by atoms with Crippen LogP contribution in [-0.2, 0) is 16.6 Å². The molecule has 0 bridgehead atoms. The van der Waals surface area contributed by atoms with Gasteiger partial charge in [-0.1, -0.05) is 36.4 Å². The summed E-state index contributed by atoms with van der Waals surface area (Å²) in [6.07, 6.45) is 1.52. The molecule has 3 rings (SSSR count). The first kappa shape index (κ1) is 15.6. The number of thiazole rings is 1. The lowest BCUT2D eigenvalue weighted by molar-refractivity contribution is 0.585. The summed E-state index contributed by atoms with van der Waals surface area (Å²) >= 11 is 1.19. The summed E-state index contributed by atoms with van der Waals surface area (Å²) in [6.45, 7) is -0.114. The van der Waals surface area contributed by atoms with E-state index in [1.165, 1.54) is 35.7 Å². The van der Waals surface area contributed by atoms with Crippen molar-refractivity contribution in [1.29, 1.82) is 0 Å². The smallest absolute Gasteiger partial charge is 0.236 e. The highest BCUT2D eigenvalue weighted by Crippen LogP contribution is 2.28. The van der Waals surface area contributed by atoms with Gasteiger partial charge in [0.2, 0.25) is 0 Å². The Morgan fingerprint density at radius 1 is 1.04 bits per heavy atom. The van der Waals surface area contributed by atoms with Gasteiger partial charge >= 0.3 is 0 Å². The van der Waals surface area contributed by atoms with Crippen LogP contribution in [0.2, 0.25) is 0 Å². The Morgan fingerprint density at radius 3 is 2.39 bits per heavy atom. The first-order valence-electron chi connectivity index (χ1n) is 6.80. The highest BCUT2D eigenvalue weighted by molar-refractivity contribution is 7.93. The van der Waals surface area contributed by atoms with E-state index in [1.807, 2.05) is 0 Å². The third-order valence-electron chi connectivity index (χ3n) is 3.24. The summed E-state index contributed by atoms with van der Waals surface area (Å²) in [5, 5.41) is 1.99. The zero-order chi connectivity index (χ0) is 16.3. The predicted octanol–water partition coefficient (Wildman–Crippen LogP) is 3.68. The molecule has 0 N–H and O–H groups in total. The van der Waals surface area contributed by atoms with Gasteiger partial charge in [-0.3, -0.25) is 0 Å². The van der Waals surface area contributed by atoms with Crippen molar-refractivity contribution >= 4 is 26.5 Å². The predicted molar refractivity (Wildman–Crippen MR) is 88.3 cm³/mol. The molecule has 0 atom stereocenters. The van der Waals surface area contributed by atoms with Crippen molar-refractivity contribution in [3.8, 4) is 0 Å². The zero-order valence-corrected chi connectivity index (χ0v) is 13.6. The van der Waals surface area contributed by atoms with Crippen LogP contribution in [0.3, 0.4) is 0 Å². The maximum absolute atomic E-state index is 13.9. The van der Waals surface area contributed by atoms with Crippen molar-refractivity contribution in [3.05, 3.63) is 77.6 Å². The fraction of sp³-hybridized carbons (Fsp3) is 0.0625. The number of halogens is 1. The van der Waals surface area contributed by atoms with Crippen LogP contribution in [0.15, 0.2) is 71.1 Å². The summed E-state index contributed by atoms with van der Waals surface area (Å²) in [5.74, 6) is -0.447. The van der Waals surface area contributed by atoms with Crippen LogP contribution in [0.25, 0.3) is 0 Å². The average Bonchev–Trinajstić information content (AvgIpc) is 3.09. The van der Waals surface area contributed by atoms with E-state index < -0.39 is 15.8 Å². The van der Waals surface area contributed by atoms with Gasteiger partial charge in [-0.05, 0) is 18.2 Å². The first-order chi connectivity index (χ1) is 11.1. The standard InChI is InChI=1S/C16H13FN2O2S2/c17-15-9-5-4-6-13(15)12-19(16-18-10-11-22-16)23(20,21)14-7-2-1-3-8-14/h1-11H,12H2. The summed E-state index contributed by atoms with van der Waals surface area (Å²) in [7, 11) is -3.82. The minimum Gasteiger partial charge on any atom is -0.236 e. The molecule has 3 aromatic rings. The van der Waals surface area contributed by atoms with E-state index >= 15 is 0 Å². The molecule has 0 saturated carbocycles. The number of aromatic nitrogens is 1. The normalized spacial score (nSPS) is 11.3. The van der Waals surface area contributed by atoms with Gasteiger partial charge in [0.25, 0.3) is 10.0 Å². The van der Waals surface area contributed by atoms with Gasteiger partial charge in [0.15, 0.2) is 5.13 Å². The van der Waals surface area contributed by atoms with Gasteiger partial charge in [0.1, 0.15) is 5.82 Å². The van der Waals surface area contributed by atoms with E-state index in [2.05, 4.69) is 4.98 Å². The number of hydrogen-bond acceptors (Lipinski definition) is 4. The molecule has 0 aliphatic heterocycles.